The molecule has 0 radical (unpaired) electrons. The molecule has 0 aliphatic carbocycles. The molecule has 0 saturated carbocycles. The Morgan fingerprint density at radius 1 is 0.800 bits per heavy atom. The van der Waals surface area contributed by atoms with Crippen LogP contribution in [0.3, 0.4) is 0 Å². The van der Waals surface area contributed by atoms with Gasteiger partial charge in [0.25, 0.3) is 0 Å². The van der Waals surface area contributed by atoms with Crippen LogP contribution in [0.5, 0.6) is 0 Å². The van der Waals surface area contributed by atoms with Gasteiger partial charge in [0, 0.05) is 0 Å². The summed E-state index contributed by atoms with van der Waals surface area (Å²) in [7, 11) is 0. The molecule has 10 heavy (non-hydrogen) atoms. The molecule has 0 unspecified atom stereocenters. The second-order valence-corrected chi connectivity index (χ2v) is 1.71. The summed E-state index contributed by atoms with van der Waals surface area (Å²) >= 11 is 0. The molecule has 0 aromatic carbocycles. The first-order chi connectivity index (χ1) is 3.83. The topological polar surface area (TPSA) is 0 Å². The van der Waals surface area contributed by atoms with Gasteiger partial charge in [0.15, 0.2) is 0 Å². The maximum absolute atomic E-state index is 3.60. The summed E-state index contributed by atoms with van der Waals surface area (Å²) in [6.07, 6.45) is 4.56. The standard InChI is InChI=1S/2C4H9.2Li/c2*1-3-4-2;;/h2*1,3-4H2,2H3;;/q2*-1;2*+1. The zero-order chi connectivity index (χ0) is 6.83. The van der Waals surface area contributed by atoms with Crippen LogP contribution in [0.2, 0.25) is 0 Å². The molecule has 0 spiro atoms. The molecule has 0 nitrogen and oxygen atoms in total. The summed E-state index contributed by atoms with van der Waals surface area (Å²) in [4.78, 5) is 0. The third-order valence-corrected chi connectivity index (χ3v) is 0.707. The van der Waals surface area contributed by atoms with Gasteiger partial charge in [0.2, 0.25) is 0 Å². The van der Waals surface area contributed by atoms with E-state index in [9.17, 15) is 0 Å². The molecule has 2 heteroatoms. The summed E-state index contributed by atoms with van der Waals surface area (Å²) in [5, 5.41) is 0. The van der Waals surface area contributed by atoms with Crippen LogP contribution < -0.4 is 37.7 Å². The van der Waals surface area contributed by atoms with Crippen molar-refractivity contribution in [3.63, 3.8) is 0 Å². The summed E-state index contributed by atoms with van der Waals surface area (Å²) in [5.74, 6) is 0. The predicted molar refractivity (Wildman–Crippen MR) is 40.5 cm³/mol. The molecule has 0 heterocycles. The maximum Gasteiger partial charge on any atom is 1.00 e. The van der Waals surface area contributed by atoms with Crippen LogP contribution in [0.25, 0.3) is 0 Å². The number of hydrogen-bond acceptors (Lipinski definition) is 0. The average Bonchev–Trinajstić information content (AvgIpc) is 1.88. The molecule has 0 aromatic rings. The van der Waals surface area contributed by atoms with E-state index in [0.29, 0.717) is 0 Å². The van der Waals surface area contributed by atoms with Gasteiger partial charge in [-0.1, -0.05) is 26.7 Å². The van der Waals surface area contributed by atoms with Crippen molar-refractivity contribution >= 4 is 0 Å². The predicted octanol–water partition coefficient (Wildman–Crippen LogP) is -2.75. The van der Waals surface area contributed by atoms with E-state index in [0.717, 1.165) is 12.8 Å². The molecule has 0 amide bonds. The van der Waals surface area contributed by atoms with E-state index < -0.39 is 0 Å². The second kappa shape index (κ2) is 31.9. The Morgan fingerprint density at radius 2 is 0.900 bits per heavy atom. The quantitative estimate of drug-likeness (QED) is 0.279. The molecule has 0 atom stereocenters. The molecule has 0 bridgehead atoms. The van der Waals surface area contributed by atoms with Gasteiger partial charge in [-0.05, 0) is 0 Å². The van der Waals surface area contributed by atoms with E-state index in [1.807, 2.05) is 0 Å². The number of unbranched alkanes of at least 4 members (excludes halogenated alkanes) is 2. The van der Waals surface area contributed by atoms with Crippen LogP contribution in [0.1, 0.15) is 39.5 Å². The minimum atomic E-state index is 0. The van der Waals surface area contributed by atoms with E-state index in [2.05, 4.69) is 27.7 Å². The van der Waals surface area contributed by atoms with E-state index in [4.69, 9.17) is 0 Å². The molecule has 0 aliphatic rings. The molecule has 0 fully saturated rings. The minimum absolute atomic E-state index is 0. The van der Waals surface area contributed by atoms with E-state index >= 15 is 0 Å². The third kappa shape index (κ3) is 60.5. The van der Waals surface area contributed by atoms with Crippen molar-refractivity contribution in [3.05, 3.63) is 13.8 Å². The van der Waals surface area contributed by atoms with Gasteiger partial charge < -0.3 is 13.8 Å². The van der Waals surface area contributed by atoms with Crippen LogP contribution in [-0.2, 0) is 0 Å². The van der Waals surface area contributed by atoms with Crippen molar-refractivity contribution in [1.29, 1.82) is 0 Å². The van der Waals surface area contributed by atoms with Gasteiger partial charge in [-0.3, -0.25) is 0 Å². The Labute approximate surface area is 90.9 Å². The summed E-state index contributed by atoms with van der Waals surface area (Å²) < 4.78 is 0. The van der Waals surface area contributed by atoms with Crippen LogP contribution in [-0.4, -0.2) is 0 Å². The fourth-order valence-electron chi connectivity index (χ4n) is 0. The van der Waals surface area contributed by atoms with Crippen LogP contribution in [0.4, 0.5) is 0 Å². The molecule has 0 aromatic heterocycles. The van der Waals surface area contributed by atoms with Crippen LogP contribution in [0, 0.1) is 13.8 Å². The van der Waals surface area contributed by atoms with Crippen molar-refractivity contribution in [2.24, 2.45) is 0 Å². The monoisotopic (exact) mass is 128 g/mol. The molecule has 0 saturated heterocycles. The molecular formula is C8H18Li2. The van der Waals surface area contributed by atoms with Crippen molar-refractivity contribution in [3.8, 4) is 0 Å². The summed E-state index contributed by atoms with van der Waals surface area (Å²) in [6, 6.07) is 0. The fourth-order valence-corrected chi connectivity index (χ4v) is 0. The molecule has 0 N–H and O–H groups in total. The van der Waals surface area contributed by atoms with Gasteiger partial charge >= 0.3 is 37.7 Å². The Kier molecular flexibility index (Phi) is 71.8. The van der Waals surface area contributed by atoms with Crippen LogP contribution in [0.15, 0.2) is 0 Å². The average molecular weight is 128 g/mol. The normalized spacial score (nSPS) is 6.00. The van der Waals surface area contributed by atoms with Crippen molar-refractivity contribution in [1.82, 2.24) is 0 Å². The molecular weight excluding hydrogens is 110 g/mol. The van der Waals surface area contributed by atoms with E-state index in [-0.39, 0.29) is 37.7 Å². The van der Waals surface area contributed by atoms with Gasteiger partial charge in [-0.25, -0.2) is 0 Å². The SMILES string of the molecule is [CH2-]CCC.[CH2-]CCC.[Li+].[Li+]. The number of rotatable bonds is 2. The first kappa shape index (κ1) is 22.5. The minimum Gasteiger partial charge on any atom is -0.343 e. The van der Waals surface area contributed by atoms with E-state index in [1.165, 1.54) is 12.8 Å². The van der Waals surface area contributed by atoms with Crippen molar-refractivity contribution < 1.29 is 37.7 Å². The second-order valence-electron chi connectivity index (χ2n) is 1.71. The smallest absolute Gasteiger partial charge is 0.343 e. The molecule has 0 aliphatic heterocycles. The molecule has 0 rings (SSSR count). The van der Waals surface area contributed by atoms with Gasteiger partial charge in [-0.2, -0.15) is 12.8 Å². The first-order valence-electron chi connectivity index (χ1n) is 3.41. The van der Waals surface area contributed by atoms with Gasteiger partial charge in [-0.15, -0.1) is 0 Å². The Bertz CT molecular complexity index is 15.2. The summed E-state index contributed by atoms with van der Waals surface area (Å²) in [6.45, 7) is 11.4. The largest absolute Gasteiger partial charge is 1.00 e. The fraction of sp³-hybridized carbons (Fsp3) is 0.750. The Balaban J connectivity index is -0.0000000300. The van der Waals surface area contributed by atoms with Gasteiger partial charge in [0.1, 0.15) is 0 Å². The van der Waals surface area contributed by atoms with Crippen LogP contribution >= 0.6 is 0 Å². The van der Waals surface area contributed by atoms with E-state index in [1.54, 1.807) is 0 Å². The number of hydrogen-bond donors (Lipinski definition) is 0. The Hall–Kier alpha value is 1.19. The molecule has 52 valence electrons. The summed E-state index contributed by atoms with van der Waals surface area (Å²) in [5.41, 5.74) is 0. The van der Waals surface area contributed by atoms with Crippen molar-refractivity contribution in [2.45, 2.75) is 39.5 Å². The Morgan fingerprint density at radius 3 is 0.900 bits per heavy atom. The zero-order valence-corrected chi connectivity index (χ0v) is 8.24. The van der Waals surface area contributed by atoms with Crippen molar-refractivity contribution in [2.75, 3.05) is 0 Å². The third-order valence-electron chi connectivity index (χ3n) is 0.707. The zero-order valence-electron chi connectivity index (χ0n) is 8.24. The first-order valence-corrected chi connectivity index (χ1v) is 3.41. The van der Waals surface area contributed by atoms with Gasteiger partial charge in [0.05, 0.1) is 0 Å². The maximum atomic E-state index is 3.60.